The van der Waals surface area contributed by atoms with Gasteiger partial charge in [-0.05, 0) is 55.5 Å². The van der Waals surface area contributed by atoms with E-state index in [1.165, 1.54) is 11.1 Å². The first-order valence-electron chi connectivity index (χ1n) is 8.28. The molecule has 2 aromatic carbocycles. The second-order valence-electron chi connectivity index (χ2n) is 6.55. The summed E-state index contributed by atoms with van der Waals surface area (Å²) < 4.78 is 0. The van der Waals surface area contributed by atoms with E-state index in [0.29, 0.717) is 11.4 Å². The lowest BCUT2D eigenvalue weighted by Gasteiger charge is -2.33. The molecule has 1 fully saturated rings. The maximum Gasteiger partial charge on any atom is 0.320 e. The predicted octanol–water partition coefficient (Wildman–Crippen LogP) is 4.60. The maximum absolute atomic E-state index is 11.7. The van der Waals surface area contributed by atoms with Gasteiger partial charge in [-0.15, -0.1) is 0 Å². The van der Waals surface area contributed by atoms with Crippen molar-refractivity contribution in [2.45, 2.75) is 38.8 Å². The molecule has 1 saturated heterocycles. The fourth-order valence-electron chi connectivity index (χ4n) is 3.72. The van der Waals surface area contributed by atoms with Crippen LogP contribution in [0.5, 0.6) is 0 Å². The third kappa shape index (κ3) is 3.33. The van der Waals surface area contributed by atoms with Gasteiger partial charge in [0.05, 0.1) is 6.04 Å². The highest BCUT2D eigenvalue weighted by molar-refractivity contribution is 6.30. The molecular formula is C20H22ClNO2. The van der Waals surface area contributed by atoms with Crippen LogP contribution in [0.3, 0.4) is 0 Å². The van der Waals surface area contributed by atoms with Crippen LogP contribution in [0.4, 0.5) is 0 Å². The SMILES string of the molecule is Cc1ccc(C(c2cccc(Cl)c2)N2CCCC2C(=O)O)c(C)c1. The summed E-state index contributed by atoms with van der Waals surface area (Å²) in [6, 6.07) is 13.6. The lowest BCUT2D eigenvalue weighted by atomic mass is 9.92. The van der Waals surface area contributed by atoms with E-state index in [4.69, 9.17) is 11.6 Å². The Morgan fingerprint density at radius 1 is 1.25 bits per heavy atom. The summed E-state index contributed by atoms with van der Waals surface area (Å²) in [6.07, 6.45) is 1.59. The van der Waals surface area contributed by atoms with Crippen molar-refractivity contribution >= 4 is 17.6 Å². The smallest absolute Gasteiger partial charge is 0.320 e. The second kappa shape index (κ2) is 6.96. The molecule has 0 bridgehead atoms. The zero-order valence-corrected chi connectivity index (χ0v) is 14.8. The van der Waals surface area contributed by atoms with E-state index in [-0.39, 0.29) is 6.04 Å². The van der Waals surface area contributed by atoms with E-state index in [0.717, 1.165) is 24.1 Å². The number of carboxylic acids is 1. The third-order valence-electron chi connectivity index (χ3n) is 4.80. The Kier molecular flexibility index (Phi) is 4.93. The lowest BCUT2D eigenvalue weighted by molar-refractivity contribution is -0.142. The van der Waals surface area contributed by atoms with Gasteiger partial charge in [-0.3, -0.25) is 9.69 Å². The van der Waals surface area contributed by atoms with E-state index in [1.54, 1.807) is 0 Å². The molecule has 1 aliphatic heterocycles. The molecule has 2 aromatic rings. The molecule has 1 N–H and O–H groups in total. The first kappa shape index (κ1) is 17.0. The highest BCUT2D eigenvalue weighted by atomic mass is 35.5. The number of halogens is 1. The number of aryl methyl sites for hydroxylation is 2. The predicted molar refractivity (Wildman–Crippen MR) is 96.6 cm³/mol. The number of carboxylic acid groups (broad SMARTS) is 1. The fraction of sp³-hybridized carbons (Fsp3) is 0.350. The van der Waals surface area contributed by atoms with Gasteiger partial charge >= 0.3 is 5.97 Å². The average molecular weight is 344 g/mol. The zero-order chi connectivity index (χ0) is 17.3. The molecule has 24 heavy (non-hydrogen) atoms. The molecule has 4 heteroatoms. The molecule has 126 valence electrons. The van der Waals surface area contributed by atoms with Crippen molar-refractivity contribution in [3.8, 4) is 0 Å². The van der Waals surface area contributed by atoms with Gasteiger partial charge in [0, 0.05) is 11.6 Å². The van der Waals surface area contributed by atoms with Crippen molar-refractivity contribution in [2.24, 2.45) is 0 Å². The number of hydrogen-bond acceptors (Lipinski definition) is 2. The Labute approximate surface area is 147 Å². The minimum Gasteiger partial charge on any atom is -0.480 e. The number of likely N-dealkylation sites (tertiary alicyclic amines) is 1. The summed E-state index contributed by atoms with van der Waals surface area (Å²) in [5.41, 5.74) is 4.58. The Balaban J connectivity index is 2.12. The molecule has 0 spiro atoms. The van der Waals surface area contributed by atoms with Crippen LogP contribution in [-0.2, 0) is 4.79 Å². The third-order valence-corrected chi connectivity index (χ3v) is 5.03. The van der Waals surface area contributed by atoms with Crippen LogP contribution >= 0.6 is 11.6 Å². The number of rotatable bonds is 4. The number of nitrogens with zero attached hydrogens (tertiary/aromatic N) is 1. The molecule has 0 aromatic heterocycles. The summed E-state index contributed by atoms with van der Waals surface area (Å²) in [5.74, 6) is -0.746. The van der Waals surface area contributed by atoms with Gasteiger partial charge in [0.2, 0.25) is 0 Å². The minimum atomic E-state index is -0.746. The summed E-state index contributed by atoms with van der Waals surface area (Å²) >= 11 is 6.21. The fourth-order valence-corrected chi connectivity index (χ4v) is 3.92. The van der Waals surface area contributed by atoms with Crippen molar-refractivity contribution in [3.05, 3.63) is 69.7 Å². The minimum absolute atomic E-state index is 0.0899. The van der Waals surface area contributed by atoms with Crippen LogP contribution in [0.25, 0.3) is 0 Å². The van der Waals surface area contributed by atoms with Crippen molar-refractivity contribution in [3.63, 3.8) is 0 Å². The Morgan fingerprint density at radius 2 is 2.04 bits per heavy atom. The van der Waals surface area contributed by atoms with Crippen LogP contribution < -0.4 is 0 Å². The van der Waals surface area contributed by atoms with Gasteiger partial charge < -0.3 is 5.11 Å². The number of benzene rings is 2. The highest BCUT2D eigenvalue weighted by Gasteiger charge is 2.37. The van der Waals surface area contributed by atoms with Gasteiger partial charge in [-0.25, -0.2) is 0 Å². The summed E-state index contributed by atoms with van der Waals surface area (Å²) in [4.78, 5) is 13.8. The first-order valence-corrected chi connectivity index (χ1v) is 8.66. The number of carbonyl (C=O) groups is 1. The van der Waals surface area contributed by atoms with Gasteiger partial charge in [-0.1, -0.05) is 47.5 Å². The molecule has 0 radical (unpaired) electrons. The highest BCUT2D eigenvalue weighted by Crippen LogP contribution is 2.37. The molecular weight excluding hydrogens is 322 g/mol. The normalized spacial score (nSPS) is 19.4. The van der Waals surface area contributed by atoms with Crippen molar-refractivity contribution < 1.29 is 9.90 Å². The van der Waals surface area contributed by atoms with Gasteiger partial charge in [-0.2, -0.15) is 0 Å². The van der Waals surface area contributed by atoms with E-state index in [2.05, 4.69) is 36.9 Å². The van der Waals surface area contributed by atoms with E-state index in [1.807, 2.05) is 24.3 Å². The molecule has 0 aliphatic carbocycles. The quantitative estimate of drug-likeness (QED) is 0.882. The molecule has 2 unspecified atom stereocenters. The van der Waals surface area contributed by atoms with E-state index < -0.39 is 12.0 Å². The van der Waals surface area contributed by atoms with Gasteiger partial charge in [0.1, 0.15) is 6.04 Å². The van der Waals surface area contributed by atoms with Crippen molar-refractivity contribution in [1.29, 1.82) is 0 Å². The number of hydrogen-bond donors (Lipinski definition) is 1. The zero-order valence-electron chi connectivity index (χ0n) is 14.0. The molecule has 0 saturated carbocycles. The Hall–Kier alpha value is -1.84. The maximum atomic E-state index is 11.7. The first-order chi connectivity index (χ1) is 11.5. The molecule has 2 atom stereocenters. The monoisotopic (exact) mass is 343 g/mol. The van der Waals surface area contributed by atoms with Crippen molar-refractivity contribution in [1.82, 2.24) is 4.90 Å². The average Bonchev–Trinajstić information content (AvgIpc) is 2.99. The van der Waals surface area contributed by atoms with Crippen LogP contribution in [0.2, 0.25) is 5.02 Å². The van der Waals surface area contributed by atoms with Crippen LogP contribution in [0.15, 0.2) is 42.5 Å². The summed E-state index contributed by atoms with van der Waals surface area (Å²) in [5, 5.41) is 10.3. The summed E-state index contributed by atoms with van der Waals surface area (Å²) in [6.45, 7) is 4.94. The Bertz CT molecular complexity index is 759. The van der Waals surface area contributed by atoms with Gasteiger partial charge in [0.25, 0.3) is 0 Å². The Morgan fingerprint density at radius 3 is 2.71 bits per heavy atom. The topological polar surface area (TPSA) is 40.5 Å². The molecule has 1 aliphatic rings. The largest absolute Gasteiger partial charge is 0.480 e. The van der Waals surface area contributed by atoms with Crippen molar-refractivity contribution in [2.75, 3.05) is 6.54 Å². The molecule has 0 amide bonds. The van der Waals surface area contributed by atoms with E-state index >= 15 is 0 Å². The van der Waals surface area contributed by atoms with Crippen LogP contribution in [-0.4, -0.2) is 28.6 Å². The second-order valence-corrected chi connectivity index (χ2v) is 6.99. The van der Waals surface area contributed by atoms with E-state index in [9.17, 15) is 9.90 Å². The molecule has 3 rings (SSSR count). The standard InChI is InChI=1S/C20H22ClNO2/c1-13-8-9-17(14(2)11-13)19(15-5-3-6-16(21)12-15)22-10-4-7-18(22)20(23)24/h3,5-6,8-9,11-12,18-19H,4,7,10H2,1-2H3,(H,23,24). The number of aliphatic carboxylic acids is 1. The lowest BCUT2D eigenvalue weighted by Crippen LogP contribution is -2.39. The molecule has 1 heterocycles. The van der Waals surface area contributed by atoms with Gasteiger partial charge in [0.15, 0.2) is 0 Å². The van der Waals surface area contributed by atoms with Crippen LogP contribution in [0, 0.1) is 13.8 Å². The summed E-state index contributed by atoms with van der Waals surface area (Å²) in [7, 11) is 0. The van der Waals surface area contributed by atoms with Crippen LogP contribution in [0.1, 0.15) is 41.1 Å². The molecule has 3 nitrogen and oxygen atoms in total.